The molecule has 0 aliphatic heterocycles. The fraction of sp³-hybridized carbons (Fsp3) is 0.667. The monoisotopic (exact) mass is 205 g/mol. The normalized spacial score (nSPS) is 13.2. The van der Waals surface area contributed by atoms with Crippen LogP contribution in [-0.4, -0.2) is 43.4 Å². The van der Waals surface area contributed by atoms with Gasteiger partial charge in [-0.15, -0.1) is 5.10 Å². The molecule has 74 valence electrons. The van der Waals surface area contributed by atoms with Crippen molar-refractivity contribution in [2.45, 2.75) is 11.3 Å². The minimum Gasteiger partial charge on any atom is -0.394 e. The van der Waals surface area contributed by atoms with Crippen LogP contribution in [0.2, 0.25) is 0 Å². The van der Waals surface area contributed by atoms with Crippen LogP contribution >= 0.6 is 11.8 Å². The van der Waals surface area contributed by atoms with E-state index in [0.717, 1.165) is 0 Å². The zero-order valence-corrected chi connectivity index (χ0v) is 7.91. The molecule has 0 aromatic carbocycles. The Kier molecular flexibility index (Phi) is 3.52. The number of H-pyrrole nitrogens is 1. The van der Waals surface area contributed by atoms with Crippen molar-refractivity contribution in [1.82, 2.24) is 14.8 Å². The maximum absolute atomic E-state index is 10.9. The summed E-state index contributed by atoms with van der Waals surface area (Å²) in [5.74, 6) is 0.314. The molecule has 6 nitrogen and oxygen atoms in total. The lowest BCUT2D eigenvalue weighted by atomic mass is 10.4. The van der Waals surface area contributed by atoms with E-state index in [1.165, 1.54) is 16.3 Å². The van der Waals surface area contributed by atoms with Crippen LogP contribution in [0.3, 0.4) is 0 Å². The summed E-state index contributed by atoms with van der Waals surface area (Å²) >= 11 is 1.21. The molecule has 1 unspecified atom stereocenters. The Balaban J connectivity index is 2.55. The van der Waals surface area contributed by atoms with Gasteiger partial charge in [-0.1, -0.05) is 11.8 Å². The predicted octanol–water partition coefficient (Wildman–Crippen LogP) is -1.45. The molecule has 0 spiro atoms. The molecule has 1 aromatic rings. The predicted molar refractivity (Wildman–Crippen MR) is 47.6 cm³/mol. The number of aromatic nitrogens is 3. The Labute approximate surface area is 78.6 Å². The molecular weight excluding hydrogens is 194 g/mol. The van der Waals surface area contributed by atoms with Gasteiger partial charge in [-0.25, -0.2) is 9.89 Å². The molecule has 0 aliphatic carbocycles. The number of hydrogen-bond acceptors (Lipinski definition) is 5. The first-order valence-corrected chi connectivity index (χ1v) is 4.67. The van der Waals surface area contributed by atoms with Crippen LogP contribution < -0.4 is 5.69 Å². The van der Waals surface area contributed by atoms with Gasteiger partial charge in [-0.3, -0.25) is 4.57 Å². The molecule has 0 amide bonds. The first-order chi connectivity index (χ1) is 6.15. The molecule has 0 saturated heterocycles. The number of aliphatic hydroxyl groups is 2. The highest BCUT2D eigenvalue weighted by Gasteiger charge is 2.08. The van der Waals surface area contributed by atoms with Gasteiger partial charge in [0.05, 0.1) is 12.7 Å². The summed E-state index contributed by atoms with van der Waals surface area (Å²) in [6.45, 7) is -0.286. The largest absolute Gasteiger partial charge is 0.394 e. The van der Waals surface area contributed by atoms with E-state index in [1.807, 2.05) is 0 Å². The van der Waals surface area contributed by atoms with Gasteiger partial charge in [0.25, 0.3) is 0 Å². The minimum absolute atomic E-state index is 0.286. The highest BCUT2D eigenvalue weighted by Crippen LogP contribution is 2.12. The number of nitrogens with one attached hydrogen (secondary N) is 1. The smallest absolute Gasteiger partial charge is 0.343 e. The summed E-state index contributed by atoms with van der Waals surface area (Å²) in [7, 11) is 1.58. The minimum atomic E-state index is -0.781. The van der Waals surface area contributed by atoms with Crippen molar-refractivity contribution in [1.29, 1.82) is 0 Å². The highest BCUT2D eigenvalue weighted by atomic mass is 32.2. The van der Waals surface area contributed by atoms with Crippen molar-refractivity contribution in [2.24, 2.45) is 7.05 Å². The second-order valence-corrected chi connectivity index (χ2v) is 3.50. The van der Waals surface area contributed by atoms with E-state index < -0.39 is 6.10 Å². The standard InChI is InChI=1S/C6H11N3O3S/c1-9-5(12)7-8-6(9)13-3-4(11)2-10/h4,10-11H,2-3H2,1H3,(H,7,12). The third-order valence-corrected chi connectivity index (χ3v) is 2.63. The van der Waals surface area contributed by atoms with E-state index in [4.69, 9.17) is 10.2 Å². The summed E-state index contributed by atoms with van der Waals surface area (Å²) in [5.41, 5.74) is -0.291. The van der Waals surface area contributed by atoms with Crippen LogP contribution in [0, 0.1) is 0 Å². The molecular formula is C6H11N3O3S. The molecule has 1 rings (SSSR count). The van der Waals surface area contributed by atoms with Crippen molar-refractivity contribution in [2.75, 3.05) is 12.4 Å². The number of thioether (sulfide) groups is 1. The van der Waals surface area contributed by atoms with Crippen LogP contribution in [0.25, 0.3) is 0 Å². The molecule has 0 aliphatic rings. The third kappa shape index (κ3) is 2.58. The summed E-state index contributed by atoms with van der Waals surface area (Å²) in [6, 6.07) is 0. The molecule has 1 atom stereocenters. The van der Waals surface area contributed by atoms with Crippen molar-refractivity contribution in [3.8, 4) is 0 Å². The van der Waals surface area contributed by atoms with Gasteiger partial charge in [0.15, 0.2) is 5.16 Å². The first-order valence-electron chi connectivity index (χ1n) is 3.68. The molecule has 3 N–H and O–H groups in total. The van der Waals surface area contributed by atoms with Crippen LogP contribution in [0.4, 0.5) is 0 Å². The van der Waals surface area contributed by atoms with Crippen LogP contribution in [0.5, 0.6) is 0 Å². The van der Waals surface area contributed by atoms with Crippen LogP contribution in [0.1, 0.15) is 0 Å². The fourth-order valence-corrected chi connectivity index (χ4v) is 1.52. The van der Waals surface area contributed by atoms with Crippen molar-refractivity contribution in [3.05, 3.63) is 10.5 Å². The van der Waals surface area contributed by atoms with Gasteiger partial charge >= 0.3 is 5.69 Å². The summed E-state index contributed by atoms with van der Waals surface area (Å²) in [4.78, 5) is 10.9. The molecule has 13 heavy (non-hydrogen) atoms. The van der Waals surface area contributed by atoms with Crippen molar-refractivity contribution < 1.29 is 10.2 Å². The van der Waals surface area contributed by atoms with Crippen LogP contribution in [0.15, 0.2) is 9.95 Å². The average Bonchev–Trinajstić information content (AvgIpc) is 2.44. The zero-order valence-electron chi connectivity index (χ0n) is 7.10. The van der Waals surface area contributed by atoms with E-state index in [0.29, 0.717) is 10.9 Å². The Morgan fingerprint density at radius 3 is 2.92 bits per heavy atom. The lowest BCUT2D eigenvalue weighted by Crippen LogP contribution is -2.16. The molecule has 7 heteroatoms. The van der Waals surface area contributed by atoms with E-state index in [-0.39, 0.29) is 12.3 Å². The van der Waals surface area contributed by atoms with Gasteiger partial charge < -0.3 is 10.2 Å². The van der Waals surface area contributed by atoms with Crippen molar-refractivity contribution in [3.63, 3.8) is 0 Å². The lowest BCUT2D eigenvalue weighted by molar-refractivity contribution is 0.113. The number of nitrogens with zero attached hydrogens (tertiary/aromatic N) is 2. The van der Waals surface area contributed by atoms with Gasteiger partial charge in [0.2, 0.25) is 0 Å². The number of rotatable bonds is 4. The van der Waals surface area contributed by atoms with E-state index in [1.54, 1.807) is 7.05 Å². The fourth-order valence-electron chi connectivity index (χ4n) is 0.685. The van der Waals surface area contributed by atoms with Gasteiger partial charge in [0, 0.05) is 12.8 Å². The number of hydrogen-bond donors (Lipinski definition) is 3. The number of aromatic amines is 1. The molecule has 1 heterocycles. The van der Waals surface area contributed by atoms with E-state index >= 15 is 0 Å². The SMILES string of the molecule is Cn1c(SCC(O)CO)n[nH]c1=O. The van der Waals surface area contributed by atoms with Gasteiger partial charge in [-0.2, -0.15) is 0 Å². The van der Waals surface area contributed by atoms with E-state index in [9.17, 15) is 4.79 Å². The molecule has 0 radical (unpaired) electrons. The Hall–Kier alpha value is -0.790. The average molecular weight is 205 g/mol. The van der Waals surface area contributed by atoms with Crippen molar-refractivity contribution >= 4 is 11.8 Å². The zero-order chi connectivity index (χ0) is 9.84. The summed E-state index contributed by atoms with van der Waals surface area (Å²) < 4.78 is 1.34. The molecule has 0 fully saturated rings. The number of aliphatic hydroxyl groups excluding tert-OH is 2. The summed E-state index contributed by atoms with van der Waals surface area (Å²) in [6.07, 6.45) is -0.781. The molecule has 1 aromatic heterocycles. The topological polar surface area (TPSA) is 91.1 Å². The third-order valence-electron chi connectivity index (χ3n) is 1.45. The van der Waals surface area contributed by atoms with Gasteiger partial charge in [-0.05, 0) is 0 Å². The lowest BCUT2D eigenvalue weighted by Gasteiger charge is -2.04. The molecule has 0 bridgehead atoms. The second-order valence-electron chi connectivity index (χ2n) is 2.52. The second kappa shape index (κ2) is 4.45. The quantitative estimate of drug-likeness (QED) is 0.523. The maximum Gasteiger partial charge on any atom is 0.343 e. The Morgan fingerprint density at radius 2 is 2.46 bits per heavy atom. The Bertz CT molecular complexity index is 321. The summed E-state index contributed by atoms with van der Waals surface area (Å²) in [5, 5.41) is 24.0. The van der Waals surface area contributed by atoms with E-state index in [2.05, 4.69) is 10.2 Å². The van der Waals surface area contributed by atoms with Crippen LogP contribution in [-0.2, 0) is 7.05 Å². The Morgan fingerprint density at radius 1 is 1.77 bits per heavy atom. The molecule has 0 saturated carbocycles. The first kappa shape index (κ1) is 10.3. The highest BCUT2D eigenvalue weighted by molar-refractivity contribution is 7.99. The maximum atomic E-state index is 10.9. The van der Waals surface area contributed by atoms with Gasteiger partial charge in [0.1, 0.15) is 0 Å².